The number of halogens is 4. The second-order valence-corrected chi connectivity index (χ2v) is 7.99. The van der Waals surface area contributed by atoms with Crippen LogP contribution in [0.2, 0.25) is 0 Å². The molecule has 3 aromatic rings. The Morgan fingerprint density at radius 3 is 2.57 bits per heavy atom. The number of nitrogens with zero attached hydrogens (tertiary/aromatic N) is 1. The summed E-state index contributed by atoms with van der Waals surface area (Å²) in [4.78, 5) is 12.7. The van der Waals surface area contributed by atoms with Gasteiger partial charge in [-0.3, -0.25) is 4.79 Å². The van der Waals surface area contributed by atoms with Crippen molar-refractivity contribution in [1.82, 2.24) is 5.16 Å². The number of hydrogen-bond acceptors (Lipinski definition) is 4. The molecule has 0 bridgehead atoms. The molecule has 1 aromatic heterocycles. The number of thioether (sulfide) groups is 1. The van der Waals surface area contributed by atoms with E-state index in [4.69, 9.17) is 4.52 Å². The van der Waals surface area contributed by atoms with E-state index in [2.05, 4.69) is 21.1 Å². The minimum absolute atomic E-state index is 0.113. The molecule has 3 nitrogen and oxygen atoms in total. The average Bonchev–Trinajstić information content (AvgIpc) is 3.03. The molecule has 0 unspecified atom stereocenters. The number of benzene rings is 2. The van der Waals surface area contributed by atoms with Gasteiger partial charge in [-0.05, 0) is 42.8 Å². The molecule has 0 N–H and O–H groups in total. The Morgan fingerprint density at radius 2 is 1.89 bits per heavy atom. The zero-order valence-corrected chi connectivity index (χ0v) is 17.1. The van der Waals surface area contributed by atoms with Gasteiger partial charge in [-0.2, -0.15) is 13.2 Å². The number of alkyl halides is 3. The zero-order valence-electron chi connectivity index (χ0n) is 14.7. The molecular weight excluding hydrogens is 455 g/mol. The monoisotopic (exact) mass is 469 g/mol. The van der Waals surface area contributed by atoms with Crippen LogP contribution in [-0.2, 0) is 11.9 Å². The number of rotatable bonds is 6. The van der Waals surface area contributed by atoms with Gasteiger partial charge in [-0.1, -0.05) is 39.3 Å². The predicted octanol–water partition coefficient (Wildman–Crippen LogP) is 6.55. The number of aromatic nitrogens is 1. The Hall–Kier alpha value is -2.06. The van der Waals surface area contributed by atoms with Crippen LogP contribution in [0.4, 0.5) is 13.2 Å². The molecule has 0 spiro atoms. The number of hydrogen-bond donors (Lipinski definition) is 0. The third-order valence-electron chi connectivity index (χ3n) is 4.00. The predicted molar refractivity (Wildman–Crippen MR) is 106 cm³/mol. The average molecular weight is 470 g/mol. The van der Waals surface area contributed by atoms with E-state index in [0.717, 1.165) is 22.2 Å². The maximum Gasteiger partial charge on any atom is 0.416 e. The lowest BCUT2D eigenvalue weighted by molar-refractivity contribution is -0.137. The van der Waals surface area contributed by atoms with Gasteiger partial charge in [0.05, 0.1) is 22.6 Å². The minimum Gasteiger partial charge on any atom is -0.355 e. The summed E-state index contributed by atoms with van der Waals surface area (Å²) in [6, 6.07) is 12.4. The number of ketones is 1. The summed E-state index contributed by atoms with van der Waals surface area (Å²) in [7, 11) is 0. The molecule has 1 heterocycles. The molecule has 0 aliphatic heterocycles. The third kappa shape index (κ3) is 4.86. The van der Waals surface area contributed by atoms with Crippen LogP contribution < -0.4 is 0 Å². The molecule has 0 saturated heterocycles. The van der Waals surface area contributed by atoms with Crippen LogP contribution in [0.25, 0.3) is 11.3 Å². The van der Waals surface area contributed by atoms with E-state index >= 15 is 0 Å². The van der Waals surface area contributed by atoms with Crippen LogP contribution in [-0.4, -0.2) is 16.7 Å². The normalized spacial score (nSPS) is 11.6. The fourth-order valence-electron chi connectivity index (χ4n) is 2.67. The molecule has 0 saturated carbocycles. The molecule has 8 heteroatoms. The van der Waals surface area contributed by atoms with E-state index in [-0.39, 0.29) is 11.5 Å². The Bertz CT molecular complexity index is 984. The Labute approximate surface area is 172 Å². The van der Waals surface area contributed by atoms with Crippen molar-refractivity contribution in [3.8, 4) is 11.3 Å². The van der Waals surface area contributed by atoms with Gasteiger partial charge in [-0.25, -0.2) is 0 Å². The highest BCUT2D eigenvalue weighted by Crippen LogP contribution is 2.31. The molecule has 0 amide bonds. The topological polar surface area (TPSA) is 43.1 Å². The Morgan fingerprint density at radius 1 is 1.18 bits per heavy atom. The highest BCUT2D eigenvalue weighted by molar-refractivity contribution is 9.10. The van der Waals surface area contributed by atoms with Gasteiger partial charge < -0.3 is 4.52 Å². The van der Waals surface area contributed by atoms with Gasteiger partial charge in [0.2, 0.25) is 0 Å². The summed E-state index contributed by atoms with van der Waals surface area (Å²) >= 11 is 4.61. The van der Waals surface area contributed by atoms with Gasteiger partial charge >= 0.3 is 6.18 Å². The summed E-state index contributed by atoms with van der Waals surface area (Å²) in [6.07, 6.45) is -4.38. The van der Waals surface area contributed by atoms with Crippen molar-refractivity contribution in [3.63, 3.8) is 0 Å². The molecule has 0 aliphatic carbocycles. The molecular formula is C20H15BrF3NO2S. The molecule has 0 aliphatic rings. The highest BCUT2D eigenvalue weighted by atomic mass is 79.9. The van der Waals surface area contributed by atoms with E-state index in [1.165, 1.54) is 17.8 Å². The van der Waals surface area contributed by atoms with E-state index < -0.39 is 11.7 Å². The van der Waals surface area contributed by atoms with E-state index in [1.54, 1.807) is 13.0 Å². The van der Waals surface area contributed by atoms with E-state index in [1.807, 2.05) is 24.3 Å². The molecule has 146 valence electrons. The number of Topliss-reactive ketones (excluding diaryl/α,β-unsaturated/α-hetero) is 1. The fraction of sp³-hybridized carbons (Fsp3) is 0.200. The first-order chi connectivity index (χ1) is 13.3. The molecule has 28 heavy (non-hydrogen) atoms. The van der Waals surface area contributed by atoms with Crippen molar-refractivity contribution in [2.75, 3.05) is 5.75 Å². The summed E-state index contributed by atoms with van der Waals surface area (Å²) in [5.41, 5.74) is 1.45. The lowest BCUT2D eigenvalue weighted by Gasteiger charge is -2.08. The maximum absolute atomic E-state index is 12.8. The second-order valence-electron chi connectivity index (χ2n) is 6.09. The quantitative estimate of drug-likeness (QED) is 0.384. The third-order valence-corrected chi connectivity index (χ3v) is 5.54. The molecule has 3 rings (SSSR count). The Balaban J connectivity index is 1.69. The Kier molecular flexibility index (Phi) is 6.30. The van der Waals surface area contributed by atoms with Crippen LogP contribution >= 0.6 is 27.7 Å². The summed E-state index contributed by atoms with van der Waals surface area (Å²) in [5.74, 6) is 0.637. The summed E-state index contributed by atoms with van der Waals surface area (Å²) < 4.78 is 44.6. The molecule has 0 atom stereocenters. The van der Waals surface area contributed by atoms with Crippen LogP contribution in [0.3, 0.4) is 0 Å². The van der Waals surface area contributed by atoms with E-state index in [9.17, 15) is 18.0 Å². The van der Waals surface area contributed by atoms with Crippen molar-refractivity contribution in [1.29, 1.82) is 0 Å². The van der Waals surface area contributed by atoms with E-state index in [0.29, 0.717) is 28.3 Å². The first kappa shape index (κ1) is 20.7. The minimum atomic E-state index is -4.38. The van der Waals surface area contributed by atoms with Crippen molar-refractivity contribution in [2.45, 2.75) is 18.9 Å². The first-order valence-electron chi connectivity index (χ1n) is 8.25. The van der Waals surface area contributed by atoms with Crippen LogP contribution in [0.1, 0.15) is 27.2 Å². The van der Waals surface area contributed by atoms with Crippen LogP contribution in [0.15, 0.2) is 57.5 Å². The van der Waals surface area contributed by atoms with Crippen molar-refractivity contribution >= 4 is 33.5 Å². The first-order valence-corrected chi connectivity index (χ1v) is 10.2. The summed E-state index contributed by atoms with van der Waals surface area (Å²) in [5, 5.41) is 3.90. The number of carbonyl (C=O) groups is 1. The van der Waals surface area contributed by atoms with Gasteiger partial charge in [-0.15, -0.1) is 11.8 Å². The molecule has 0 radical (unpaired) electrons. The fourth-order valence-corrected chi connectivity index (χ4v) is 3.78. The smallest absolute Gasteiger partial charge is 0.355 e. The van der Waals surface area contributed by atoms with Crippen LogP contribution in [0, 0.1) is 6.92 Å². The standard InChI is InChI=1S/C20H15BrF3NO2S/c1-12-18(19(27-25-12)14-5-7-16(21)8-6-14)17(26)11-28-10-13-3-2-4-15(9-13)20(22,23)24/h2-9H,10-11H2,1H3. The van der Waals surface area contributed by atoms with Gasteiger partial charge in [0.1, 0.15) is 0 Å². The van der Waals surface area contributed by atoms with Gasteiger partial charge in [0, 0.05) is 15.8 Å². The number of carbonyl (C=O) groups excluding carboxylic acids is 1. The molecule has 0 fully saturated rings. The highest BCUT2D eigenvalue weighted by Gasteiger charge is 2.30. The second kappa shape index (κ2) is 8.53. The van der Waals surface area contributed by atoms with Crippen LogP contribution in [0.5, 0.6) is 0 Å². The van der Waals surface area contributed by atoms with Gasteiger partial charge in [0.25, 0.3) is 0 Å². The zero-order chi connectivity index (χ0) is 20.3. The lowest BCUT2D eigenvalue weighted by atomic mass is 10.0. The van der Waals surface area contributed by atoms with Crippen molar-refractivity contribution in [3.05, 3.63) is 75.4 Å². The lowest BCUT2D eigenvalue weighted by Crippen LogP contribution is -2.06. The van der Waals surface area contributed by atoms with Crippen molar-refractivity contribution in [2.24, 2.45) is 0 Å². The largest absolute Gasteiger partial charge is 0.416 e. The van der Waals surface area contributed by atoms with Gasteiger partial charge in [0.15, 0.2) is 11.5 Å². The summed E-state index contributed by atoms with van der Waals surface area (Å²) in [6.45, 7) is 1.69. The van der Waals surface area contributed by atoms with Crippen molar-refractivity contribution < 1.29 is 22.5 Å². The maximum atomic E-state index is 12.8. The number of aryl methyl sites for hydroxylation is 1. The molecule has 2 aromatic carbocycles. The SMILES string of the molecule is Cc1noc(-c2ccc(Br)cc2)c1C(=O)CSCc1cccc(C(F)(F)F)c1.